The predicted octanol–water partition coefficient (Wildman–Crippen LogP) is 0.713. The van der Waals surface area contributed by atoms with E-state index in [0.29, 0.717) is 5.69 Å². The lowest BCUT2D eigenvalue weighted by atomic mass is 10.0. The Kier molecular flexibility index (Phi) is 6.44. The summed E-state index contributed by atoms with van der Waals surface area (Å²) in [6.07, 6.45) is -0.718. The molecule has 0 bridgehead atoms. The summed E-state index contributed by atoms with van der Waals surface area (Å²) in [6, 6.07) is 8.94. The van der Waals surface area contributed by atoms with E-state index in [1.54, 1.807) is 0 Å². The fraction of sp³-hybridized carbons (Fsp3) is 0.176. The standard InChI is InChI=1S/C17H17N3O7S/c1-11(21)18-13-5-7-15(8-6-13)28(26,27)19-16(10-17(22)23)12-3-2-4-14(9-12)20(24)25/h2-9,16,19H,10H2,1H3,(H,18,21)(H,22,23)/p-1. The molecule has 2 aromatic rings. The molecular formula is C17H16N3O7S-. The molecule has 1 unspecified atom stereocenters. The zero-order valence-corrected chi connectivity index (χ0v) is 15.4. The van der Waals surface area contributed by atoms with E-state index in [4.69, 9.17) is 0 Å². The fourth-order valence-electron chi connectivity index (χ4n) is 2.43. The van der Waals surface area contributed by atoms with Crippen molar-refractivity contribution in [1.82, 2.24) is 4.72 Å². The van der Waals surface area contributed by atoms with Crippen molar-refractivity contribution < 1.29 is 28.0 Å². The number of sulfonamides is 1. The topological polar surface area (TPSA) is 159 Å². The highest BCUT2D eigenvalue weighted by Crippen LogP contribution is 2.24. The summed E-state index contributed by atoms with van der Waals surface area (Å²) in [6.45, 7) is 1.30. The highest BCUT2D eigenvalue weighted by molar-refractivity contribution is 7.89. The van der Waals surface area contributed by atoms with Gasteiger partial charge in [-0.1, -0.05) is 12.1 Å². The van der Waals surface area contributed by atoms with Crippen LogP contribution in [0.15, 0.2) is 53.4 Å². The molecule has 0 aliphatic heterocycles. The largest absolute Gasteiger partial charge is 0.550 e. The number of benzene rings is 2. The number of nitrogens with zero attached hydrogens (tertiary/aromatic N) is 1. The van der Waals surface area contributed by atoms with Crippen LogP contribution in [0.4, 0.5) is 11.4 Å². The number of non-ortho nitro benzene ring substituents is 1. The summed E-state index contributed by atoms with van der Waals surface area (Å²) < 4.78 is 27.4. The van der Waals surface area contributed by atoms with Crippen molar-refractivity contribution in [2.24, 2.45) is 0 Å². The molecule has 0 spiro atoms. The summed E-state index contributed by atoms with van der Waals surface area (Å²) in [5, 5.41) is 24.5. The van der Waals surface area contributed by atoms with Gasteiger partial charge in [-0.25, -0.2) is 13.1 Å². The van der Waals surface area contributed by atoms with Crippen molar-refractivity contribution in [2.45, 2.75) is 24.3 Å². The van der Waals surface area contributed by atoms with Crippen LogP contribution in [0, 0.1) is 10.1 Å². The van der Waals surface area contributed by atoms with Gasteiger partial charge in [0.2, 0.25) is 15.9 Å². The minimum Gasteiger partial charge on any atom is -0.550 e. The zero-order valence-electron chi connectivity index (χ0n) is 14.6. The molecule has 0 aliphatic rings. The zero-order chi connectivity index (χ0) is 20.9. The monoisotopic (exact) mass is 406 g/mol. The Hall–Kier alpha value is -3.31. The van der Waals surface area contributed by atoms with Crippen LogP contribution >= 0.6 is 0 Å². The van der Waals surface area contributed by atoms with E-state index in [2.05, 4.69) is 10.0 Å². The molecule has 1 amide bonds. The number of hydrogen-bond acceptors (Lipinski definition) is 7. The van der Waals surface area contributed by atoms with Crippen molar-refractivity contribution in [1.29, 1.82) is 0 Å². The van der Waals surface area contributed by atoms with Gasteiger partial charge in [0.15, 0.2) is 0 Å². The van der Waals surface area contributed by atoms with Crippen LogP contribution in [0.2, 0.25) is 0 Å². The van der Waals surface area contributed by atoms with Gasteiger partial charge in [0.25, 0.3) is 5.69 Å². The van der Waals surface area contributed by atoms with Gasteiger partial charge in [-0.2, -0.15) is 0 Å². The lowest BCUT2D eigenvalue weighted by Gasteiger charge is -2.20. The molecule has 28 heavy (non-hydrogen) atoms. The highest BCUT2D eigenvalue weighted by atomic mass is 32.2. The van der Waals surface area contributed by atoms with Crippen molar-refractivity contribution in [3.8, 4) is 0 Å². The van der Waals surface area contributed by atoms with Gasteiger partial charge in [-0.05, 0) is 29.8 Å². The maximum absolute atomic E-state index is 12.6. The Balaban J connectivity index is 2.32. The average Bonchev–Trinajstić information content (AvgIpc) is 2.60. The number of amides is 1. The van der Waals surface area contributed by atoms with E-state index in [1.807, 2.05) is 0 Å². The Morgan fingerprint density at radius 2 is 1.79 bits per heavy atom. The van der Waals surface area contributed by atoms with E-state index in [0.717, 1.165) is 6.07 Å². The highest BCUT2D eigenvalue weighted by Gasteiger charge is 2.23. The van der Waals surface area contributed by atoms with Gasteiger partial charge >= 0.3 is 0 Å². The molecule has 0 saturated carbocycles. The minimum atomic E-state index is -4.16. The molecule has 0 fully saturated rings. The number of nitro groups is 1. The molecule has 148 valence electrons. The lowest BCUT2D eigenvalue weighted by molar-refractivity contribution is -0.385. The number of carbonyl (C=O) groups is 2. The number of nitrogens with one attached hydrogen (secondary N) is 2. The second-order valence-electron chi connectivity index (χ2n) is 5.81. The fourth-order valence-corrected chi connectivity index (χ4v) is 3.65. The van der Waals surface area contributed by atoms with Gasteiger partial charge in [0.05, 0.1) is 15.9 Å². The molecule has 1 atom stereocenters. The number of carbonyl (C=O) groups excluding carboxylic acids is 2. The normalized spacial score (nSPS) is 12.2. The second kappa shape index (κ2) is 8.59. The van der Waals surface area contributed by atoms with Crippen LogP contribution < -0.4 is 15.1 Å². The molecule has 10 nitrogen and oxygen atoms in total. The molecule has 0 heterocycles. The summed E-state index contributed by atoms with van der Waals surface area (Å²) in [5.74, 6) is -1.85. The first-order valence-corrected chi connectivity index (χ1v) is 9.41. The van der Waals surface area contributed by atoms with Gasteiger partial charge in [0, 0.05) is 37.1 Å². The molecule has 2 N–H and O–H groups in total. The summed E-state index contributed by atoms with van der Waals surface area (Å²) in [7, 11) is -4.16. The first-order valence-electron chi connectivity index (χ1n) is 7.92. The number of carboxylic acid groups (broad SMARTS) is 1. The lowest BCUT2D eigenvalue weighted by Crippen LogP contribution is -2.34. The smallest absolute Gasteiger partial charge is 0.269 e. The van der Waals surface area contributed by atoms with Gasteiger partial charge in [0.1, 0.15) is 0 Å². The van der Waals surface area contributed by atoms with E-state index in [1.165, 1.54) is 49.4 Å². The molecule has 0 aromatic heterocycles. The van der Waals surface area contributed by atoms with Crippen molar-refractivity contribution in [3.05, 3.63) is 64.2 Å². The van der Waals surface area contributed by atoms with E-state index >= 15 is 0 Å². The SMILES string of the molecule is CC(=O)Nc1ccc(S(=O)(=O)NC(CC(=O)[O-])c2cccc([N+](=O)[O-])c2)cc1. The number of rotatable bonds is 8. The Bertz CT molecular complexity index is 1000. The molecule has 11 heteroatoms. The number of aliphatic carboxylic acids is 1. The predicted molar refractivity (Wildman–Crippen MR) is 96.5 cm³/mol. The minimum absolute atomic E-state index is 0.108. The van der Waals surface area contributed by atoms with Crippen LogP contribution in [-0.4, -0.2) is 25.2 Å². The van der Waals surface area contributed by atoms with Crippen LogP contribution in [0.5, 0.6) is 0 Å². The first kappa shape index (κ1) is 21.0. The number of hydrogen-bond donors (Lipinski definition) is 2. The van der Waals surface area contributed by atoms with Gasteiger partial charge in [-0.3, -0.25) is 14.9 Å². The maximum atomic E-state index is 12.6. The van der Waals surface area contributed by atoms with Crippen LogP contribution in [0.3, 0.4) is 0 Å². The Labute approximate surface area is 160 Å². The van der Waals surface area contributed by atoms with Gasteiger partial charge in [-0.15, -0.1) is 0 Å². The molecular weight excluding hydrogens is 390 g/mol. The molecule has 0 radical (unpaired) electrons. The van der Waals surface area contributed by atoms with E-state index < -0.39 is 33.4 Å². The molecule has 2 rings (SSSR count). The third-order valence-electron chi connectivity index (χ3n) is 3.64. The third kappa shape index (κ3) is 5.59. The number of nitro benzene ring substituents is 1. The summed E-state index contributed by atoms with van der Waals surface area (Å²) in [4.78, 5) is 32.2. The summed E-state index contributed by atoms with van der Waals surface area (Å²) >= 11 is 0. The van der Waals surface area contributed by atoms with Crippen molar-refractivity contribution >= 4 is 33.3 Å². The molecule has 0 aliphatic carbocycles. The average molecular weight is 406 g/mol. The second-order valence-corrected chi connectivity index (χ2v) is 7.52. The van der Waals surface area contributed by atoms with Crippen LogP contribution in [0.25, 0.3) is 0 Å². The number of carboxylic acids is 1. The van der Waals surface area contributed by atoms with Gasteiger partial charge < -0.3 is 15.2 Å². The third-order valence-corrected chi connectivity index (χ3v) is 5.12. The van der Waals surface area contributed by atoms with Crippen molar-refractivity contribution in [2.75, 3.05) is 5.32 Å². The molecule has 2 aromatic carbocycles. The Morgan fingerprint density at radius 3 is 2.32 bits per heavy atom. The van der Waals surface area contributed by atoms with Crippen LogP contribution in [-0.2, 0) is 19.6 Å². The molecule has 0 saturated heterocycles. The van der Waals surface area contributed by atoms with Crippen molar-refractivity contribution in [3.63, 3.8) is 0 Å². The van der Waals surface area contributed by atoms with Crippen LogP contribution in [0.1, 0.15) is 24.9 Å². The Morgan fingerprint density at radius 1 is 1.14 bits per heavy atom. The number of anilines is 1. The summed E-state index contributed by atoms with van der Waals surface area (Å²) in [5.41, 5.74) is 0.188. The first-order chi connectivity index (χ1) is 13.1. The maximum Gasteiger partial charge on any atom is 0.269 e. The van der Waals surface area contributed by atoms with E-state index in [-0.39, 0.29) is 22.1 Å². The van der Waals surface area contributed by atoms with E-state index in [9.17, 15) is 33.2 Å². The quantitative estimate of drug-likeness (QED) is 0.482.